The zero-order chi connectivity index (χ0) is 19.0. The third-order valence-electron chi connectivity index (χ3n) is 4.67. The van der Waals surface area contributed by atoms with Gasteiger partial charge in [0.15, 0.2) is 0 Å². The van der Waals surface area contributed by atoms with Crippen molar-refractivity contribution in [1.82, 2.24) is 14.9 Å². The lowest BCUT2D eigenvalue weighted by Gasteiger charge is -2.31. The van der Waals surface area contributed by atoms with E-state index in [0.29, 0.717) is 33.8 Å². The molecule has 0 radical (unpaired) electrons. The van der Waals surface area contributed by atoms with Crippen LogP contribution in [0.15, 0.2) is 36.4 Å². The van der Waals surface area contributed by atoms with Gasteiger partial charge in [-0.05, 0) is 49.2 Å². The fourth-order valence-corrected chi connectivity index (χ4v) is 4.11. The van der Waals surface area contributed by atoms with Crippen LogP contribution < -0.4 is 5.32 Å². The van der Waals surface area contributed by atoms with Crippen LogP contribution in [0.3, 0.4) is 0 Å². The first-order valence-corrected chi connectivity index (χ1v) is 9.78. The Bertz CT molecular complexity index is 984. The summed E-state index contributed by atoms with van der Waals surface area (Å²) in [6, 6.07) is 10.4. The Morgan fingerprint density at radius 1 is 1.11 bits per heavy atom. The molecule has 2 N–H and O–H groups in total. The van der Waals surface area contributed by atoms with Gasteiger partial charge in [-0.2, -0.15) is 0 Å². The minimum absolute atomic E-state index is 0.152. The molecular formula is C19H17Cl3N4O. The topological polar surface area (TPSA) is 61.0 Å². The third-order valence-corrected chi connectivity index (χ3v) is 5.34. The summed E-state index contributed by atoms with van der Waals surface area (Å²) in [5, 5.41) is 4.50. The number of fused-ring (bicyclic) bond motifs is 1. The molecule has 0 saturated carbocycles. The van der Waals surface area contributed by atoms with E-state index in [4.69, 9.17) is 34.8 Å². The second-order valence-electron chi connectivity index (χ2n) is 6.66. The molecule has 1 aliphatic rings. The Balaban J connectivity index is 1.48. The lowest BCUT2D eigenvalue weighted by atomic mass is 9.97. The number of halogens is 3. The maximum atomic E-state index is 12.7. The first-order valence-electron chi connectivity index (χ1n) is 8.65. The number of benzene rings is 2. The number of carbonyl (C=O) groups is 1. The molecule has 3 aromatic rings. The van der Waals surface area contributed by atoms with Crippen molar-refractivity contribution in [2.75, 3.05) is 18.4 Å². The highest BCUT2D eigenvalue weighted by Gasteiger charge is 2.27. The van der Waals surface area contributed by atoms with Gasteiger partial charge in [-0.1, -0.05) is 34.8 Å². The van der Waals surface area contributed by atoms with Crippen molar-refractivity contribution >= 4 is 57.6 Å². The maximum absolute atomic E-state index is 12.7. The molecular weight excluding hydrogens is 407 g/mol. The van der Waals surface area contributed by atoms with Crippen LogP contribution in [0, 0.1) is 0 Å². The largest absolute Gasteiger partial charge is 0.342 e. The Morgan fingerprint density at radius 2 is 1.89 bits per heavy atom. The normalized spacial score (nSPS) is 17.3. The number of aromatic amines is 1. The number of urea groups is 1. The van der Waals surface area contributed by atoms with E-state index < -0.39 is 0 Å². The standard InChI is InChI=1S/C19H17Cl3N4O/c20-12-3-4-16-17(9-12)25-18(24-16)11-2-1-5-26(10-11)19(27)23-15-7-13(21)6-14(22)8-15/h3-4,6-9,11H,1-2,5,10H2,(H,23,27)(H,24,25). The number of anilines is 1. The minimum Gasteiger partial charge on any atom is -0.342 e. The van der Waals surface area contributed by atoms with Gasteiger partial charge in [0.05, 0.1) is 11.0 Å². The van der Waals surface area contributed by atoms with E-state index in [9.17, 15) is 4.79 Å². The maximum Gasteiger partial charge on any atom is 0.321 e. The summed E-state index contributed by atoms with van der Waals surface area (Å²) >= 11 is 18.1. The van der Waals surface area contributed by atoms with Crippen molar-refractivity contribution in [1.29, 1.82) is 0 Å². The first kappa shape index (κ1) is 18.4. The van der Waals surface area contributed by atoms with E-state index >= 15 is 0 Å². The first-order chi connectivity index (χ1) is 13.0. The fraction of sp³-hybridized carbons (Fsp3) is 0.263. The molecule has 2 amide bonds. The zero-order valence-corrected chi connectivity index (χ0v) is 16.6. The van der Waals surface area contributed by atoms with Crippen molar-refractivity contribution < 1.29 is 4.79 Å². The van der Waals surface area contributed by atoms with Gasteiger partial charge < -0.3 is 15.2 Å². The number of nitrogens with one attached hydrogen (secondary N) is 2. The van der Waals surface area contributed by atoms with Crippen LogP contribution in [0.25, 0.3) is 11.0 Å². The average Bonchev–Trinajstić information content (AvgIpc) is 3.04. The van der Waals surface area contributed by atoms with Gasteiger partial charge in [0.25, 0.3) is 0 Å². The van der Waals surface area contributed by atoms with Gasteiger partial charge in [0.1, 0.15) is 5.82 Å². The van der Waals surface area contributed by atoms with E-state index in [-0.39, 0.29) is 11.9 Å². The molecule has 1 saturated heterocycles. The molecule has 1 aliphatic heterocycles. The Kier molecular flexibility index (Phi) is 5.17. The minimum atomic E-state index is -0.169. The smallest absolute Gasteiger partial charge is 0.321 e. The van der Waals surface area contributed by atoms with Gasteiger partial charge in [-0.3, -0.25) is 0 Å². The Morgan fingerprint density at radius 3 is 2.67 bits per heavy atom. The van der Waals surface area contributed by atoms with Crippen molar-refractivity contribution in [2.45, 2.75) is 18.8 Å². The molecule has 4 rings (SSSR count). The van der Waals surface area contributed by atoms with Gasteiger partial charge in [-0.15, -0.1) is 0 Å². The van der Waals surface area contributed by atoms with Crippen molar-refractivity contribution in [3.63, 3.8) is 0 Å². The number of hydrogen-bond donors (Lipinski definition) is 2. The highest BCUT2D eigenvalue weighted by atomic mass is 35.5. The van der Waals surface area contributed by atoms with E-state index in [1.165, 1.54) is 0 Å². The monoisotopic (exact) mass is 422 g/mol. The molecule has 0 bridgehead atoms. The summed E-state index contributed by atoms with van der Waals surface area (Å²) in [4.78, 5) is 22.5. The van der Waals surface area contributed by atoms with Gasteiger partial charge >= 0.3 is 6.03 Å². The summed E-state index contributed by atoms with van der Waals surface area (Å²) in [7, 11) is 0. The number of aromatic nitrogens is 2. The molecule has 27 heavy (non-hydrogen) atoms. The zero-order valence-electron chi connectivity index (χ0n) is 14.3. The number of carbonyl (C=O) groups excluding carboxylic acids is 1. The summed E-state index contributed by atoms with van der Waals surface area (Å²) < 4.78 is 0. The number of hydrogen-bond acceptors (Lipinski definition) is 2. The number of H-pyrrole nitrogens is 1. The predicted octanol–water partition coefficient (Wildman–Crippen LogP) is 5.93. The number of imidazole rings is 1. The Hall–Kier alpha value is -1.95. The summed E-state index contributed by atoms with van der Waals surface area (Å²) in [5.74, 6) is 1.04. The van der Waals surface area contributed by atoms with Gasteiger partial charge in [0.2, 0.25) is 0 Å². The molecule has 1 unspecified atom stereocenters. The van der Waals surface area contributed by atoms with Gasteiger partial charge in [0, 0.05) is 39.8 Å². The molecule has 1 aromatic heterocycles. The molecule has 0 aliphatic carbocycles. The van der Waals surface area contributed by atoms with Gasteiger partial charge in [-0.25, -0.2) is 9.78 Å². The molecule has 0 spiro atoms. The fourth-order valence-electron chi connectivity index (χ4n) is 3.41. The van der Waals surface area contributed by atoms with E-state index in [1.54, 1.807) is 23.1 Å². The summed E-state index contributed by atoms with van der Waals surface area (Å²) in [6.45, 7) is 1.29. The lowest BCUT2D eigenvalue weighted by Crippen LogP contribution is -2.41. The van der Waals surface area contributed by atoms with E-state index in [1.807, 2.05) is 18.2 Å². The average molecular weight is 424 g/mol. The second kappa shape index (κ2) is 7.58. The summed E-state index contributed by atoms with van der Waals surface area (Å²) in [5.41, 5.74) is 2.37. The van der Waals surface area contributed by atoms with Crippen LogP contribution in [0.5, 0.6) is 0 Å². The van der Waals surface area contributed by atoms with Crippen LogP contribution in [0.4, 0.5) is 10.5 Å². The quantitative estimate of drug-likeness (QED) is 0.536. The van der Waals surface area contributed by atoms with Crippen molar-refractivity contribution in [3.05, 3.63) is 57.3 Å². The molecule has 140 valence electrons. The second-order valence-corrected chi connectivity index (χ2v) is 7.97. The number of nitrogens with zero attached hydrogens (tertiary/aromatic N) is 2. The van der Waals surface area contributed by atoms with Crippen LogP contribution in [0.2, 0.25) is 15.1 Å². The number of piperidine rings is 1. The molecule has 2 aromatic carbocycles. The molecule has 8 heteroatoms. The third kappa shape index (κ3) is 4.15. The van der Waals surface area contributed by atoms with E-state index in [0.717, 1.165) is 29.7 Å². The molecule has 5 nitrogen and oxygen atoms in total. The van der Waals surface area contributed by atoms with Crippen molar-refractivity contribution in [2.24, 2.45) is 0 Å². The summed E-state index contributed by atoms with van der Waals surface area (Å²) in [6.07, 6.45) is 1.88. The van der Waals surface area contributed by atoms with Crippen LogP contribution in [0.1, 0.15) is 24.6 Å². The molecule has 2 heterocycles. The number of amides is 2. The van der Waals surface area contributed by atoms with Crippen LogP contribution in [-0.4, -0.2) is 34.0 Å². The lowest BCUT2D eigenvalue weighted by molar-refractivity contribution is 0.191. The van der Waals surface area contributed by atoms with Crippen LogP contribution >= 0.6 is 34.8 Å². The molecule has 1 atom stereocenters. The highest BCUT2D eigenvalue weighted by Crippen LogP contribution is 2.28. The van der Waals surface area contributed by atoms with Crippen LogP contribution in [-0.2, 0) is 0 Å². The van der Waals surface area contributed by atoms with Crippen molar-refractivity contribution in [3.8, 4) is 0 Å². The molecule has 1 fully saturated rings. The SMILES string of the molecule is O=C(Nc1cc(Cl)cc(Cl)c1)N1CCCC(c2nc3ccc(Cl)cc3[nH]2)C1. The highest BCUT2D eigenvalue weighted by molar-refractivity contribution is 6.35. The predicted molar refractivity (Wildman–Crippen MR) is 110 cm³/mol. The number of likely N-dealkylation sites (tertiary alicyclic amines) is 1. The van der Waals surface area contributed by atoms with E-state index in [2.05, 4.69) is 15.3 Å². The Labute approximate surface area is 171 Å². The number of rotatable bonds is 2.